The highest BCUT2D eigenvalue weighted by Gasteiger charge is 2.60. The lowest BCUT2D eigenvalue weighted by Crippen LogP contribution is -2.52. The van der Waals surface area contributed by atoms with Gasteiger partial charge in [0.2, 0.25) is 0 Å². The van der Waals surface area contributed by atoms with Crippen LogP contribution < -0.4 is 10.1 Å². The van der Waals surface area contributed by atoms with Crippen LogP contribution in [0.5, 0.6) is 5.75 Å². The molecule has 1 saturated heterocycles. The number of para-hydroxylation sites is 1. The van der Waals surface area contributed by atoms with Crippen LogP contribution in [-0.2, 0) is 11.1 Å². The third-order valence-electron chi connectivity index (χ3n) is 7.45. The monoisotopic (exact) mass is 437 g/mol. The molecular weight excluding hydrogens is 409 g/mol. The molecule has 1 aliphatic carbocycles. The Hall–Kier alpha value is -2.36. The molecular formula is C27H29ClFNO. The average molecular weight is 438 g/mol. The summed E-state index contributed by atoms with van der Waals surface area (Å²) in [4.78, 5) is 0. The van der Waals surface area contributed by atoms with Crippen LogP contribution in [0.3, 0.4) is 0 Å². The van der Waals surface area contributed by atoms with E-state index in [0.717, 1.165) is 13.0 Å². The largest absolute Gasteiger partial charge is 0.496 e. The van der Waals surface area contributed by atoms with Gasteiger partial charge in [-0.2, -0.15) is 0 Å². The molecule has 0 spiro atoms. The number of halogens is 2. The van der Waals surface area contributed by atoms with Crippen molar-refractivity contribution in [1.82, 2.24) is 5.32 Å². The maximum atomic E-state index is 17.0. The highest BCUT2D eigenvalue weighted by molar-refractivity contribution is 5.85. The zero-order valence-electron chi connectivity index (χ0n) is 17.8. The van der Waals surface area contributed by atoms with Crippen LogP contribution in [0, 0.1) is 11.8 Å². The van der Waals surface area contributed by atoms with E-state index in [1.807, 2.05) is 24.3 Å². The van der Waals surface area contributed by atoms with Crippen molar-refractivity contribution in [2.24, 2.45) is 11.8 Å². The summed E-state index contributed by atoms with van der Waals surface area (Å²) >= 11 is 0. The van der Waals surface area contributed by atoms with Crippen molar-refractivity contribution in [2.75, 3.05) is 20.2 Å². The van der Waals surface area contributed by atoms with E-state index in [4.69, 9.17) is 4.74 Å². The molecule has 3 atom stereocenters. The quantitative estimate of drug-likeness (QED) is 0.548. The van der Waals surface area contributed by atoms with E-state index in [1.54, 1.807) is 7.11 Å². The molecule has 0 radical (unpaired) electrons. The van der Waals surface area contributed by atoms with Gasteiger partial charge in [0, 0.05) is 23.4 Å². The molecule has 2 aliphatic rings. The number of benzene rings is 3. The van der Waals surface area contributed by atoms with Gasteiger partial charge in [0.15, 0.2) is 0 Å². The van der Waals surface area contributed by atoms with Crippen molar-refractivity contribution in [2.45, 2.75) is 23.9 Å². The molecule has 0 amide bonds. The number of fused-ring (bicyclic) bond motifs is 1. The fraction of sp³-hybridized carbons (Fsp3) is 0.333. The number of hydrogen-bond acceptors (Lipinski definition) is 2. The van der Waals surface area contributed by atoms with Crippen LogP contribution in [0.4, 0.5) is 4.39 Å². The first-order chi connectivity index (χ1) is 14.7. The molecule has 0 bridgehead atoms. The molecule has 2 unspecified atom stereocenters. The van der Waals surface area contributed by atoms with Crippen molar-refractivity contribution in [3.63, 3.8) is 0 Å². The molecule has 1 aliphatic heterocycles. The second-order valence-electron chi connectivity index (χ2n) is 8.64. The minimum absolute atomic E-state index is 0. The Labute approximate surface area is 190 Å². The van der Waals surface area contributed by atoms with Gasteiger partial charge < -0.3 is 10.1 Å². The van der Waals surface area contributed by atoms with Crippen LogP contribution in [-0.4, -0.2) is 20.2 Å². The predicted molar refractivity (Wildman–Crippen MR) is 126 cm³/mol. The van der Waals surface area contributed by atoms with Crippen molar-refractivity contribution in [1.29, 1.82) is 0 Å². The molecule has 3 aromatic carbocycles. The lowest BCUT2D eigenvalue weighted by molar-refractivity contribution is -0.0137. The summed E-state index contributed by atoms with van der Waals surface area (Å²) in [7, 11) is 1.63. The summed E-state index contributed by atoms with van der Waals surface area (Å²) in [6.07, 6.45) is 1.23. The zero-order valence-corrected chi connectivity index (χ0v) is 18.6. The Bertz CT molecular complexity index is 973. The molecule has 162 valence electrons. The standard InChI is InChI=1S/C27H28FNO.ClH/c1-30-25-15-9-8-14-22(25)27(28)17-16-26(20-10-4-2-5-11-20,21-12-6-3-7-13-21)23-18-29-19-24(23)27;/h2-15,23-24,29H,16-19H2,1H3;1H/t23-,24?,27?;/m0./s1. The Morgan fingerprint density at radius 1 is 0.774 bits per heavy atom. The van der Waals surface area contributed by atoms with Gasteiger partial charge >= 0.3 is 0 Å². The maximum absolute atomic E-state index is 17.0. The highest BCUT2D eigenvalue weighted by atomic mass is 35.5. The molecule has 5 rings (SSSR count). The fourth-order valence-corrected chi connectivity index (χ4v) is 6.10. The maximum Gasteiger partial charge on any atom is 0.144 e. The number of rotatable bonds is 4. The summed E-state index contributed by atoms with van der Waals surface area (Å²) in [5, 5.41) is 3.54. The van der Waals surface area contributed by atoms with Crippen LogP contribution in [0.25, 0.3) is 0 Å². The van der Waals surface area contributed by atoms with Crippen LogP contribution in [0.1, 0.15) is 29.5 Å². The topological polar surface area (TPSA) is 21.3 Å². The van der Waals surface area contributed by atoms with Crippen molar-refractivity contribution >= 4 is 12.4 Å². The Kier molecular flexibility index (Phi) is 6.09. The number of methoxy groups -OCH3 is 1. The van der Waals surface area contributed by atoms with E-state index < -0.39 is 5.67 Å². The molecule has 2 fully saturated rings. The SMILES string of the molecule is COc1ccccc1C1(F)CCC(c2ccccc2)(c2ccccc2)[C@H]2CNCC21.Cl. The molecule has 0 aromatic heterocycles. The second kappa shape index (κ2) is 8.64. The number of nitrogens with one attached hydrogen (secondary N) is 1. The summed E-state index contributed by atoms with van der Waals surface area (Å²) in [5.41, 5.74) is 1.66. The Morgan fingerprint density at radius 3 is 1.94 bits per heavy atom. The van der Waals surface area contributed by atoms with E-state index in [1.165, 1.54) is 11.1 Å². The molecule has 2 nitrogen and oxygen atoms in total. The zero-order chi connectivity index (χ0) is 20.6. The summed E-state index contributed by atoms with van der Waals surface area (Å²) < 4.78 is 22.5. The third-order valence-corrected chi connectivity index (χ3v) is 7.45. The van der Waals surface area contributed by atoms with Crippen molar-refractivity contribution < 1.29 is 9.13 Å². The number of alkyl halides is 1. The minimum Gasteiger partial charge on any atom is -0.496 e. The van der Waals surface area contributed by atoms with Gasteiger partial charge in [-0.15, -0.1) is 12.4 Å². The molecule has 4 heteroatoms. The van der Waals surface area contributed by atoms with Crippen molar-refractivity contribution in [3.8, 4) is 5.75 Å². The molecule has 1 saturated carbocycles. The minimum atomic E-state index is -1.41. The molecule has 3 aromatic rings. The summed E-state index contributed by atoms with van der Waals surface area (Å²) in [6, 6.07) is 29.0. The summed E-state index contributed by atoms with van der Waals surface area (Å²) in [6.45, 7) is 1.50. The van der Waals surface area contributed by atoms with Gasteiger partial charge in [-0.3, -0.25) is 0 Å². The Balaban J connectivity index is 0.00000231. The highest BCUT2D eigenvalue weighted by Crippen LogP contribution is 2.60. The predicted octanol–water partition coefficient (Wildman–Crippen LogP) is 5.90. The summed E-state index contributed by atoms with van der Waals surface area (Å²) in [5.74, 6) is 0.687. The second-order valence-corrected chi connectivity index (χ2v) is 8.64. The van der Waals surface area contributed by atoms with E-state index in [0.29, 0.717) is 24.3 Å². The number of ether oxygens (including phenoxy) is 1. The lowest BCUT2D eigenvalue weighted by atomic mass is 9.52. The van der Waals surface area contributed by atoms with Gasteiger partial charge in [0.05, 0.1) is 7.11 Å². The van der Waals surface area contributed by atoms with Gasteiger partial charge in [-0.05, 0) is 42.5 Å². The van der Waals surface area contributed by atoms with E-state index in [2.05, 4.69) is 66.0 Å². The number of hydrogen-bond donors (Lipinski definition) is 1. The van der Waals surface area contributed by atoms with Crippen LogP contribution >= 0.6 is 12.4 Å². The van der Waals surface area contributed by atoms with Gasteiger partial charge in [-0.1, -0.05) is 78.9 Å². The lowest BCUT2D eigenvalue weighted by Gasteiger charge is -2.52. The third kappa shape index (κ3) is 3.35. The van der Waals surface area contributed by atoms with Crippen LogP contribution in [0.2, 0.25) is 0 Å². The smallest absolute Gasteiger partial charge is 0.144 e. The Morgan fingerprint density at radius 2 is 1.32 bits per heavy atom. The van der Waals surface area contributed by atoms with E-state index >= 15 is 4.39 Å². The van der Waals surface area contributed by atoms with Gasteiger partial charge in [0.1, 0.15) is 11.4 Å². The first-order valence-corrected chi connectivity index (χ1v) is 10.8. The van der Waals surface area contributed by atoms with Crippen molar-refractivity contribution in [3.05, 3.63) is 102 Å². The molecule has 1 N–H and O–H groups in total. The average Bonchev–Trinajstić information content (AvgIpc) is 3.33. The van der Waals surface area contributed by atoms with E-state index in [-0.39, 0.29) is 29.7 Å². The molecule has 1 heterocycles. The van der Waals surface area contributed by atoms with Crippen LogP contribution in [0.15, 0.2) is 84.9 Å². The normalized spacial score (nSPS) is 26.5. The van der Waals surface area contributed by atoms with E-state index in [9.17, 15) is 0 Å². The molecule has 31 heavy (non-hydrogen) atoms. The van der Waals surface area contributed by atoms with Gasteiger partial charge in [0.25, 0.3) is 0 Å². The van der Waals surface area contributed by atoms with Gasteiger partial charge in [-0.25, -0.2) is 4.39 Å². The fourth-order valence-electron chi connectivity index (χ4n) is 6.10. The first kappa shape index (κ1) is 21.9. The first-order valence-electron chi connectivity index (χ1n) is 10.8.